The summed E-state index contributed by atoms with van der Waals surface area (Å²) in [5.74, 6) is 0.131. The van der Waals surface area contributed by atoms with Crippen LogP contribution in [-0.2, 0) is 0 Å². The van der Waals surface area contributed by atoms with Crippen molar-refractivity contribution in [3.63, 3.8) is 0 Å². The van der Waals surface area contributed by atoms with Crippen molar-refractivity contribution in [2.75, 3.05) is 13.2 Å². The van der Waals surface area contributed by atoms with Gasteiger partial charge in [-0.25, -0.2) is 4.79 Å². The lowest BCUT2D eigenvalue weighted by Gasteiger charge is -2.25. The molecule has 1 aliphatic rings. The molecule has 3 rings (SSSR count). The molecule has 2 aromatic rings. The number of fused-ring (bicyclic) bond motifs is 1. The van der Waals surface area contributed by atoms with Crippen LogP contribution in [0.25, 0.3) is 11.3 Å². The molecule has 7 heteroatoms. The number of aromatic nitrogens is 1. The minimum atomic E-state index is -1.15. The molecular formula is C15H14BrNO5. The fourth-order valence-corrected chi connectivity index (χ4v) is 3.00. The van der Waals surface area contributed by atoms with E-state index in [0.717, 1.165) is 15.6 Å². The Hall–Kier alpha value is -2.02. The van der Waals surface area contributed by atoms with Crippen molar-refractivity contribution in [1.29, 1.82) is 0 Å². The van der Waals surface area contributed by atoms with Gasteiger partial charge in [-0.3, -0.25) is 0 Å². The van der Waals surface area contributed by atoms with Crippen molar-refractivity contribution in [2.24, 2.45) is 0 Å². The highest BCUT2D eigenvalue weighted by Gasteiger charge is 2.26. The van der Waals surface area contributed by atoms with Gasteiger partial charge in [-0.1, -0.05) is 19.0 Å². The van der Waals surface area contributed by atoms with E-state index in [9.17, 15) is 4.79 Å². The van der Waals surface area contributed by atoms with E-state index < -0.39 is 5.97 Å². The summed E-state index contributed by atoms with van der Waals surface area (Å²) in [6.07, 6.45) is 0. The number of hydrogen-bond donors (Lipinski definition) is 1. The number of aromatic carboxylic acids is 1. The Bertz CT molecular complexity index is 738. The van der Waals surface area contributed by atoms with Crippen LogP contribution in [0.1, 0.15) is 35.9 Å². The first kappa shape index (κ1) is 14.9. The zero-order chi connectivity index (χ0) is 15.9. The zero-order valence-corrected chi connectivity index (χ0v) is 13.6. The first-order valence-electron chi connectivity index (χ1n) is 6.81. The van der Waals surface area contributed by atoms with Crippen molar-refractivity contribution in [1.82, 2.24) is 5.16 Å². The second-order valence-corrected chi connectivity index (χ2v) is 6.07. The average Bonchev–Trinajstić information content (AvgIpc) is 2.96. The summed E-state index contributed by atoms with van der Waals surface area (Å²) >= 11 is 3.47. The third kappa shape index (κ3) is 2.45. The third-order valence-corrected chi connectivity index (χ3v) is 3.97. The molecule has 0 unspecified atom stereocenters. The van der Waals surface area contributed by atoms with Crippen LogP contribution in [0.3, 0.4) is 0 Å². The predicted octanol–water partition coefficient (Wildman–Crippen LogP) is 3.70. The van der Waals surface area contributed by atoms with Gasteiger partial charge in [0, 0.05) is 17.2 Å². The molecule has 1 N–H and O–H groups in total. The molecule has 1 aromatic heterocycles. The van der Waals surface area contributed by atoms with Gasteiger partial charge < -0.3 is 19.1 Å². The molecule has 1 aromatic carbocycles. The second-order valence-electron chi connectivity index (χ2n) is 5.21. The van der Waals surface area contributed by atoms with Crippen LogP contribution in [0.5, 0.6) is 11.5 Å². The summed E-state index contributed by atoms with van der Waals surface area (Å²) in [4.78, 5) is 11.0. The quantitative estimate of drug-likeness (QED) is 0.890. The molecule has 0 aliphatic carbocycles. The van der Waals surface area contributed by atoms with Gasteiger partial charge in [0.1, 0.15) is 18.9 Å². The summed E-state index contributed by atoms with van der Waals surface area (Å²) < 4.78 is 17.1. The molecule has 0 atom stereocenters. The largest absolute Gasteiger partial charge is 0.486 e. The standard InChI is InChI=1S/C15H14BrNO5/c1-7(2)12-8(10-6-11(15(18)19)22-17-10)5-9(16)13-14(12)21-4-3-20-13/h5-7H,3-4H2,1-2H3,(H,18,19). The summed E-state index contributed by atoms with van der Waals surface area (Å²) in [5.41, 5.74) is 2.14. The van der Waals surface area contributed by atoms with Crippen LogP contribution < -0.4 is 9.47 Å². The number of carbonyl (C=O) groups is 1. The molecule has 0 spiro atoms. The summed E-state index contributed by atoms with van der Waals surface area (Å²) in [5, 5.41) is 12.9. The lowest BCUT2D eigenvalue weighted by molar-refractivity contribution is 0.0652. The lowest BCUT2D eigenvalue weighted by atomic mass is 9.93. The van der Waals surface area contributed by atoms with E-state index >= 15 is 0 Å². The SMILES string of the molecule is CC(C)c1c(-c2cc(C(=O)O)on2)cc(Br)c2c1OCCO2. The van der Waals surface area contributed by atoms with E-state index in [2.05, 4.69) is 21.1 Å². The van der Waals surface area contributed by atoms with Crippen molar-refractivity contribution < 1.29 is 23.9 Å². The maximum Gasteiger partial charge on any atom is 0.374 e. The Morgan fingerprint density at radius 2 is 1.95 bits per heavy atom. The lowest BCUT2D eigenvalue weighted by Crippen LogP contribution is -2.18. The number of carboxylic acid groups (broad SMARTS) is 1. The van der Waals surface area contributed by atoms with Crippen LogP contribution in [0.4, 0.5) is 0 Å². The van der Waals surface area contributed by atoms with Crippen LogP contribution in [0.2, 0.25) is 0 Å². The molecule has 0 saturated carbocycles. The van der Waals surface area contributed by atoms with Crippen molar-refractivity contribution in [2.45, 2.75) is 19.8 Å². The molecule has 0 amide bonds. The van der Waals surface area contributed by atoms with E-state index in [-0.39, 0.29) is 11.7 Å². The number of carboxylic acids is 1. The molecule has 0 bridgehead atoms. The smallest absolute Gasteiger partial charge is 0.374 e. The number of halogens is 1. The number of ether oxygens (including phenoxy) is 2. The summed E-state index contributed by atoms with van der Waals surface area (Å²) in [6, 6.07) is 3.26. The predicted molar refractivity (Wildman–Crippen MR) is 81.7 cm³/mol. The Morgan fingerprint density at radius 3 is 2.55 bits per heavy atom. The maximum atomic E-state index is 11.0. The van der Waals surface area contributed by atoms with Crippen LogP contribution in [0, 0.1) is 0 Å². The van der Waals surface area contributed by atoms with Gasteiger partial charge in [-0.2, -0.15) is 0 Å². The first-order valence-corrected chi connectivity index (χ1v) is 7.60. The van der Waals surface area contributed by atoms with E-state index in [4.69, 9.17) is 19.1 Å². The van der Waals surface area contributed by atoms with Gasteiger partial charge in [-0.05, 0) is 27.9 Å². The molecular weight excluding hydrogens is 354 g/mol. The van der Waals surface area contributed by atoms with Gasteiger partial charge in [0.2, 0.25) is 5.76 Å². The molecule has 1 aliphatic heterocycles. The third-order valence-electron chi connectivity index (χ3n) is 3.38. The molecule has 116 valence electrons. The number of benzene rings is 1. The van der Waals surface area contributed by atoms with Gasteiger partial charge in [-0.15, -0.1) is 0 Å². The molecule has 0 fully saturated rings. The molecule has 0 saturated heterocycles. The fourth-order valence-electron chi connectivity index (χ4n) is 2.48. The van der Waals surface area contributed by atoms with Gasteiger partial charge >= 0.3 is 5.97 Å². The monoisotopic (exact) mass is 367 g/mol. The highest BCUT2D eigenvalue weighted by molar-refractivity contribution is 9.10. The van der Waals surface area contributed by atoms with Crippen LogP contribution in [-0.4, -0.2) is 29.4 Å². The highest BCUT2D eigenvalue weighted by atomic mass is 79.9. The van der Waals surface area contributed by atoms with Gasteiger partial charge in [0.25, 0.3) is 0 Å². The van der Waals surface area contributed by atoms with Crippen molar-refractivity contribution >= 4 is 21.9 Å². The Balaban J connectivity index is 2.21. The van der Waals surface area contributed by atoms with E-state index in [1.165, 1.54) is 6.07 Å². The summed E-state index contributed by atoms with van der Waals surface area (Å²) in [7, 11) is 0. The Labute approximate surface area is 135 Å². The Kier molecular flexibility index (Phi) is 3.82. The van der Waals surface area contributed by atoms with Crippen LogP contribution >= 0.6 is 15.9 Å². The molecule has 22 heavy (non-hydrogen) atoms. The minimum absolute atomic E-state index is 0.142. The number of hydrogen-bond acceptors (Lipinski definition) is 5. The first-order chi connectivity index (χ1) is 10.5. The Morgan fingerprint density at radius 1 is 1.27 bits per heavy atom. The zero-order valence-electron chi connectivity index (χ0n) is 12.1. The molecule has 0 radical (unpaired) electrons. The molecule has 6 nitrogen and oxygen atoms in total. The van der Waals surface area contributed by atoms with E-state index in [1.807, 2.05) is 19.9 Å². The van der Waals surface area contributed by atoms with Crippen molar-refractivity contribution in [3.8, 4) is 22.8 Å². The topological polar surface area (TPSA) is 81.8 Å². The van der Waals surface area contributed by atoms with Crippen molar-refractivity contribution in [3.05, 3.63) is 27.9 Å². The normalized spacial score (nSPS) is 13.5. The molecule has 2 heterocycles. The van der Waals surface area contributed by atoms with Gasteiger partial charge in [0.15, 0.2) is 11.5 Å². The second kappa shape index (κ2) is 5.64. The maximum absolute atomic E-state index is 11.0. The highest BCUT2D eigenvalue weighted by Crippen LogP contribution is 2.47. The minimum Gasteiger partial charge on any atom is -0.486 e. The van der Waals surface area contributed by atoms with Crippen LogP contribution in [0.15, 0.2) is 21.1 Å². The number of rotatable bonds is 3. The number of nitrogens with zero attached hydrogens (tertiary/aromatic N) is 1. The fraction of sp³-hybridized carbons (Fsp3) is 0.333. The average molecular weight is 368 g/mol. The van der Waals surface area contributed by atoms with E-state index in [0.29, 0.717) is 30.4 Å². The van der Waals surface area contributed by atoms with E-state index in [1.54, 1.807) is 0 Å². The van der Waals surface area contributed by atoms with Gasteiger partial charge in [0.05, 0.1) is 4.47 Å². The summed E-state index contributed by atoms with van der Waals surface area (Å²) in [6.45, 7) is 5.03.